The maximum atomic E-state index is 15.3. The molecule has 74 heavy (non-hydrogen) atoms. The third kappa shape index (κ3) is 7.01. The van der Waals surface area contributed by atoms with Crippen molar-refractivity contribution in [2.45, 2.75) is 203 Å². The van der Waals surface area contributed by atoms with Gasteiger partial charge in [0.1, 0.15) is 18.0 Å². The molecule has 18 atom stereocenters. The highest BCUT2D eigenvalue weighted by atomic mass is 16.5. The molecule has 1 heterocycles. The Morgan fingerprint density at radius 3 is 2.42 bits per heavy atom. The maximum absolute atomic E-state index is 15.3. The standard InChI is InChI=1S/C65H85NO8/c1-40(43-13-6-7-14-43)45-19-20-52-58(70)60(27-21-42(33-60)18-17-41-11-4-3-5-12-41)38-62(39-68)54-23-28-61-37-59(24-8-9-25-59)26-22-44-15-10-16-46(36-67)49(44)31-53(66-2)50-30-47(56(61)51-32-55(69)74-57(50)51)34-64(61,72)63(54,71)35-48(29-45)65(52,62)73/h3-5,10-12,15-16,32,39-40,42-43,45,47-48,50,52-54,56-58,66-67,70-73H,6-9,13-14,17-21,23-25,27-31,33-38H2,1-2H3/t40-,42-,45+,47+,48+,50+,52+,53+,54+,56+,57-,58+,60-,61-,62-,63-,64+,65-/m0/s1. The molecule has 11 aliphatic carbocycles. The van der Waals surface area contributed by atoms with Gasteiger partial charge in [-0.3, -0.25) is 0 Å². The number of aliphatic hydroxyl groups excluding tert-OH is 2. The summed E-state index contributed by atoms with van der Waals surface area (Å²) >= 11 is 0. The molecule has 14 rings (SSSR count). The number of aliphatic hydroxyl groups is 5. The van der Waals surface area contributed by atoms with E-state index in [-0.39, 0.29) is 48.7 Å². The highest BCUT2D eigenvalue weighted by Crippen LogP contribution is 2.80. The van der Waals surface area contributed by atoms with E-state index in [4.69, 9.17) is 4.74 Å². The first-order valence-corrected chi connectivity index (χ1v) is 29.9. The molecular weight excluding hydrogens is 923 g/mol. The van der Waals surface area contributed by atoms with Gasteiger partial charge in [-0.2, -0.15) is 0 Å². The highest BCUT2D eigenvalue weighted by molar-refractivity contribution is 5.86. The molecule has 9 heteroatoms. The van der Waals surface area contributed by atoms with Crippen LogP contribution < -0.4 is 5.32 Å². The molecule has 1 aliphatic heterocycles. The van der Waals surface area contributed by atoms with Gasteiger partial charge in [0.15, 0.2) is 0 Å². The van der Waals surface area contributed by atoms with Crippen LogP contribution in [0, 0.1) is 92.7 Å². The van der Waals surface area contributed by atoms with E-state index in [2.05, 4.69) is 60.5 Å². The van der Waals surface area contributed by atoms with Gasteiger partial charge in [-0.25, -0.2) is 4.79 Å². The minimum atomic E-state index is -1.75. The Balaban J connectivity index is 0.977. The van der Waals surface area contributed by atoms with E-state index in [1.807, 2.05) is 19.2 Å². The predicted molar refractivity (Wildman–Crippen MR) is 283 cm³/mol. The number of aryl methyl sites for hydroxylation is 1. The normalized spacial score (nSPS) is 46.1. The zero-order valence-electron chi connectivity index (χ0n) is 44.4. The van der Waals surface area contributed by atoms with E-state index in [0.29, 0.717) is 75.5 Å². The minimum Gasteiger partial charge on any atom is -0.454 e. The average molecular weight is 1010 g/mol. The summed E-state index contributed by atoms with van der Waals surface area (Å²) in [5, 5.41) is 72.1. The zero-order valence-corrected chi connectivity index (χ0v) is 44.4. The summed E-state index contributed by atoms with van der Waals surface area (Å²) in [5.74, 6) is 6.72. The second-order valence-electron chi connectivity index (χ2n) is 27.6. The van der Waals surface area contributed by atoms with Crippen molar-refractivity contribution < 1.29 is 39.9 Å². The van der Waals surface area contributed by atoms with E-state index in [9.17, 15) is 25.2 Å². The van der Waals surface area contributed by atoms with E-state index in [1.54, 1.807) is 6.08 Å². The Kier molecular flexibility index (Phi) is 12.3. The van der Waals surface area contributed by atoms with Crippen molar-refractivity contribution in [3.63, 3.8) is 0 Å². The van der Waals surface area contributed by atoms with E-state index < -0.39 is 68.4 Å². The first-order valence-electron chi connectivity index (χ1n) is 29.9. The number of nitrogens with one attached hydrogen (secondary N) is 1. The third-order valence-electron chi connectivity index (χ3n) is 25.0. The first kappa shape index (κ1) is 50.2. The lowest BCUT2D eigenvalue weighted by atomic mass is 9.33. The van der Waals surface area contributed by atoms with Crippen molar-refractivity contribution in [2.24, 2.45) is 80.8 Å². The number of fused-ring (bicyclic) bond motifs is 4. The Bertz CT molecular complexity index is 2610. The van der Waals surface area contributed by atoms with Crippen LogP contribution in [0.3, 0.4) is 0 Å². The monoisotopic (exact) mass is 1010 g/mol. The van der Waals surface area contributed by atoms with Gasteiger partial charge in [0, 0.05) is 46.3 Å². The summed E-state index contributed by atoms with van der Waals surface area (Å²) in [6.07, 6.45) is 20.6. The van der Waals surface area contributed by atoms with Crippen molar-refractivity contribution in [2.75, 3.05) is 7.05 Å². The lowest BCUT2D eigenvalue weighted by molar-refractivity contribution is -0.356. The van der Waals surface area contributed by atoms with Crippen LogP contribution in [0.4, 0.5) is 0 Å². The number of ether oxygens (including phenoxy) is 1. The SMILES string of the molecule is CN[C@@H]1Cc2c(cccc2CO)C#CC2(CCCC2)C[C@]23CC[C@H]4[C@@](O)(C[C@H]5C[C@H]([C@@H](C)C6CCCC6)CC[C@@H]6[C@@H](O)[C@]7(CC[C@H](CCc8ccccc8)C7)C[C@@]4(C=O)[C@]56O)[C@@]2(O)C[C@H]2C[C@H]1[C@@H]1OC(=O)C=C1[C@@H]23. The fraction of sp³-hybridized carbons (Fsp3) is 0.723. The number of benzene rings is 2. The summed E-state index contributed by atoms with van der Waals surface area (Å²) in [4.78, 5) is 29.2. The Labute approximate surface area is 440 Å². The third-order valence-corrected chi connectivity index (χ3v) is 25.0. The number of hydrogen-bond donors (Lipinski definition) is 6. The molecule has 4 bridgehead atoms. The molecule has 9 fully saturated rings. The summed E-state index contributed by atoms with van der Waals surface area (Å²) in [6.45, 7) is 2.32. The van der Waals surface area contributed by atoms with E-state index in [0.717, 1.165) is 92.8 Å². The number of esters is 1. The highest BCUT2D eigenvalue weighted by Gasteiger charge is 2.85. The molecule has 12 aliphatic rings. The molecule has 0 amide bonds. The van der Waals surface area contributed by atoms with E-state index >= 15 is 9.90 Å². The number of aldehydes is 1. The quantitative estimate of drug-likeness (QED) is 0.0862. The van der Waals surface area contributed by atoms with Crippen LogP contribution >= 0.6 is 0 Å². The van der Waals surface area contributed by atoms with Gasteiger partial charge in [0.2, 0.25) is 0 Å². The summed E-state index contributed by atoms with van der Waals surface area (Å²) in [6, 6.07) is 16.6. The molecule has 9 saturated carbocycles. The molecule has 2 aromatic rings. The molecular formula is C65H85NO8. The molecule has 0 unspecified atom stereocenters. The van der Waals surface area contributed by atoms with Crippen LogP contribution in [0.15, 0.2) is 60.2 Å². The first-order chi connectivity index (χ1) is 35.7. The van der Waals surface area contributed by atoms with Crippen LogP contribution in [0.1, 0.15) is 170 Å². The number of carbonyl (C=O) groups excluding carboxylic acids is 2. The predicted octanol–water partition coefficient (Wildman–Crippen LogP) is 9.35. The van der Waals surface area contributed by atoms with Gasteiger partial charge in [0.25, 0.3) is 0 Å². The molecule has 0 saturated heterocycles. The fourth-order valence-electron chi connectivity index (χ4n) is 21.9. The smallest absolute Gasteiger partial charge is 0.331 e. The lowest BCUT2D eigenvalue weighted by Crippen LogP contribution is -2.82. The van der Waals surface area contributed by atoms with Crippen molar-refractivity contribution >= 4 is 12.3 Å². The van der Waals surface area contributed by atoms with Crippen LogP contribution in [-0.4, -0.2) is 79.9 Å². The summed E-state index contributed by atoms with van der Waals surface area (Å²) in [5.41, 5.74) is -3.33. The number of rotatable bonds is 8. The van der Waals surface area contributed by atoms with Gasteiger partial charge in [-0.1, -0.05) is 99.8 Å². The van der Waals surface area contributed by atoms with Crippen LogP contribution in [0.25, 0.3) is 0 Å². The number of hydrogen-bond acceptors (Lipinski definition) is 9. The molecule has 9 nitrogen and oxygen atoms in total. The Morgan fingerprint density at radius 2 is 1.66 bits per heavy atom. The Hall–Kier alpha value is -3.36. The van der Waals surface area contributed by atoms with E-state index in [1.165, 1.54) is 31.2 Å². The Morgan fingerprint density at radius 1 is 0.865 bits per heavy atom. The van der Waals surface area contributed by atoms with Gasteiger partial charge in [0.05, 0.1) is 29.3 Å². The van der Waals surface area contributed by atoms with Crippen LogP contribution in [-0.2, 0) is 33.8 Å². The molecule has 0 aromatic heterocycles. The largest absolute Gasteiger partial charge is 0.454 e. The second-order valence-corrected chi connectivity index (χ2v) is 27.6. The second kappa shape index (κ2) is 18.1. The van der Waals surface area contributed by atoms with Gasteiger partial charge in [-0.05, 0) is 198 Å². The molecule has 2 aromatic carbocycles. The number of carbonyl (C=O) groups is 2. The summed E-state index contributed by atoms with van der Waals surface area (Å²) < 4.78 is 6.47. The summed E-state index contributed by atoms with van der Waals surface area (Å²) in [7, 11) is 1.97. The fourth-order valence-corrected chi connectivity index (χ4v) is 21.9. The topological polar surface area (TPSA) is 157 Å². The van der Waals surface area contributed by atoms with Crippen LogP contribution in [0.2, 0.25) is 0 Å². The van der Waals surface area contributed by atoms with Gasteiger partial charge >= 0.3 is 5.97 Å². The van der Waals surface area contributed by atoms with Crippen molar-refractivity contribution in [3.8, 4) is 11.8 Å². The minimum absolute atomic E-state index is 0.0925. The van der Waals surface area contributed by atoms with Gasteiger partial charge in [-0.15, -0.1) is 0 Å². The molecule has 6 N–H and O–H groups in total. The number of likely N-dealkylation sites (N-methyl/N-ethyl adjacent to an activating group) is 1. The van der Waals surface area contributed by atoms with Crippen molar-refractivity contribution in [1.82, 2.24) is 5.32 Å². The molecule has 398 valence electrons. The lowest BCUT2D eigenvalue weighted by Gasteiger charge is -2.74. The maximum Gasteiger partial charge on any atom is 0.331 e. The molecule has 3 spiro atoms. The van der Waals surface area contributed by atoms with Crippen LogP contribution in [0.5, 0.6) is 0 Å². The van der Waals surface area contributed by atoms with Gasteiger partial charge < -0.3 is 40.4 Å². The molecule has 0 radical (unpaired) electrons. The van der Waals surface area contributed by atoms with Crippen molar-refractivity contribution in [3.05, 3.63) is 82.4 Å². The average Bonchev–Trinajstić information content (AvgIpc) is 4.29. The van der Waals surface area contributed by atoms with Crippen molar-refractivity contribution in [1.29, 1.82) is 0 Å². The zero-order chi connectivity index (χ0) is 51.0.